The zero-order valence-corrected chi connectivity index (χ0v) is 11.8. The van der Waals surface area contributed by atoms with Crippen LogP contribution in [0.5, 0.6) is 0 Å². The van der Waals surface area contributed by atoms with Crippen LogP contribution >= 0.6 is 0 Å². The molecule has 0 saturated carbocycles. The third kappa shape index (κ3) is 5.23. The molecule has 1 fully saturated rings. The molecule has 5 heteroatoms. The number of likely N-dealkylation sites (tertiary alicyclic amines) is 1. The number of piperidine rings is 1. The number of carbonyl (C=O) groups is 1. The highest BCUT2D eigenvalue weighted by Gasteiger charge is 2.27. The topological polar surface area (TPSA) is 59.0 Å². The van der Waals surface area contributed by atoms with Crippen LogP contribution in [0.1, 0.15) is 40.0 Å². The van der Waals surface area contributed by atoms with Gasteiger partial charge in [0.2, 0.25) is 0 Å². The number of aliphatic hydroxyl groups is 1. The van der Waals surface area contributed by atoms with Gasteiger partial charge in [-0.25, -0.2) is 4.79 Å². The lowest BCUT2D eigenvalue weighted by atomic mass is 9.93. The second-order valence-corrected chi connectivity index (χ2v) is 5.84. The number of aliphatic hydroxyl groups excluding tert-OH is 1. The van der Waals surface area contributed by atoms with Crippen LogP contribution < -0.4 is 0 Å². The molecule has 106 valence electrons. The normalized spacial score (nSPS) is 19.7. The first-order chi connectivity index (χ1) is 8.31. The van der Waals surface area contributed by atoms with Crippen molar-refractivity contribution in [3.8, 4) is 0 Å². The highest BCUT2D eigenvalue weighted by molar-refractivity contribution is 5.68. The Hall–Kier alpha value is -0.810. The standard InChI is InChI=1S/C13H25NO4/c1-13(2,3)18-12(16)14-7-5-10(6-8-14)9-11(15)17-4/h10-11,15H,5-9H2,1-4H3. The van der Waals surface area contributed by atoms with Crippen molar-refractivity contribution >= 4 is 6.09 Å². The largest absolute Gasteiger partial charge is 0.444 e. The second-order valence-electron chi connectivity index (χ2n) is 5.84. The molecule has 1 atom stereocenters. The number of hydrogen-bond donors (Lipinski definition) is 1. The van der Waals surface area contributed by atoms with Crippen LogP contribution in [-0.2, 0) is 9.47 Å². The summed E-state index contributed by atoms with van der Waals surface area (Å²) >= 11 is 0. The van der Waals surface area contributed by atoms with Gasteiger partial charge in [0.1, 0.15) is 5.60 Å². The minimum absolute atomic E-state index is 0.242. The van der Waals surface area contributed by atoms with Crippen LogP contribution in [0.15, 0.2) is 0 Å². The number of amides is 1. The maximum absolute atomic E-state index is 11.8. The minimum atomic E-state index is -0.692. The first-order valence-corrected chi connectivity index (χ1v) is 6.50. The Balaban J connectivity index is 2.33. The fraction of sp³-hybridized carbons (Fsp3) is 0.923. The molecule has 0 spiro atoms. The number of ether oxygens (including phenoxy) is 2. The monoisotopic (exact) mass is 259 g/mol. The van der Waals surface area contributed by atoms with Crippen LogP contribution in [0.25, 0.3) is 0 Å². The average molecular weight is 259 g/mol. The van der Waals surface area contributed by atoms with E-state index in [9.17, 15) is 9.90 Å². The Labute approximate surface area is 109 Å². The van der Waals surface area contributed by atoms with Crippen molar-refractivity contribution in [3.05, 3.63) is 0 Å². The number of rotatable bonds is 3. The number of hydrogen-bond acceptors (Lipinski definition) is 4. The summed E-state index contributed by atoms with van der Waals surface area (Å²) in [5.74, 6) is 0.415. The van der Waals surface area contributed by atoms with Crippen LogP contribution in [-0.4, -0.2) is 48.2 Å². The zero-order chi connectivity index (χ0) is 13.8. The van der Waals surface area contributed by atoms with Crippen molar-refractivity contribution in [2.45, 2.75) is 51.9 Å². The van der Waals surface area contributed by atoms with E-state index in [1.807, 2.05) is 20.8 Å². The van der Waals surface area contributed by atoms with Gasteiger partial charge in [0, 0.05) is 26.6 Å². The molecular formula is C13H25NO4. The number of methoxy groups -OCH3 is 1. The van der Waals surface area contributed by atoms with Gasteiger partial charge >= 0.3 is 6.09 Å². The van der Waals surface area contributed by atoms with E-state index in [1.165, 1.54) is 7.11 Å². The molecule has 0 bridgehead atoms. The highest BCUT2D eigenvalue weighted by Crippen LogP contribution is 2.23. The van der Waals surface area contributed by atoms with E-state index >= 15 is 0 Å². The van der Waals surface area contributed by atoms with Gasteiger partial charge in [-0.3, -0.25) is 0 Å². The molecule has 0 aliphatic carbocycles. The molecule has 1 aliphatic heterocycles. The van der Waals surface area contributed by atoms with Crippen molar-refractivity contribution in [2.75, 3.05) is 20.2 Å². The fourth-order valence-electron chi connectivity index (χ4n) is 2.06. The molecule has 0 aromatic carbocycles. The van der Waals surface area contributed by atoms with Crippen molar-refractivity contribution in [2.24, 2.45) is 5.92 Å². The van der Waals surface area contributed by atoms with Crippen LogP contribution in [0.4, 0.5) is 4.79 Å². The van der Waals surface area contributed by atoms with Gasteiger partial charge in [0.05, 0.1) is 0 Å². The summed E-state index contributed by atoms with van der Waals surface area (Å²) in [6, 6.07) is 0. The number of carbonyl (C=O) groups excluding carboxylic acids is 1. The van der Waals surface area contributed by atoms with Crippen molar-refractivity contribution in [1.82, 2.24) is 4.90 Å². The molecule has 1 aliphatic rings. The number of nitrogens with zero attached hydrogens (tertiary/aromatic N) is 1. The summed E-state index contributed by atoms with van der Waals surface area (Å²) in [7, 11) is 1.50. The SMILES string of the molecule is COC(O)CC1CCN(C(=O)OC(C)(C)C)CC1. The maximum atomic E-state index is 11.8. The Morgan fingerprint density at radius 1 is 1.39 bits per heavy atom. The lowest BCUT2D eigenvalue weighted by Crippen LogP contribution is -2.42. The molecule has 1 amide bonds. The summed E-state index contributed by atoms with van der Waals surface area (Å²) in [6.45, 7) is 6.98. The van der Waals surface area contributed by atoms with Crippen LogP contribution in [0.3, 0.4) is 0 Å². The summed E-state index contributed by atoms with van der Waals surface area (Å²) < 4.78 is 10.2. The lowest BCUT2D eigenvalue weighted by Gasteiger charge is -2.33. The third-order valence-corrected chi connectivity index (χ3v) is 3.07. The van der Waals surface area contributed by atoms with Crippen LogP contribution in [0, 0.1) is 5.92 Å². The van der Waals surface area contributed by atoms with Gasteiger partial charge in [0.25, 0.3) is 0 Å². The van der Waals surface area contributed by atoms with Gasteiger partial charge in [-0.2, -0.15) is 0 Å². The van der Waals surface area contributed by atoms with E-state index in [4.69, 9.17) is 9.47 Å². The molecule has 1 rings (SSSR count). The molecule has 1 N–H and O–H groups in total. The fourth-order valence-corrected chi connectivity index (χ4v) is 2.06. The van der Waals surface area contributed by atoms with Crippen molar-refractivity contribution < 1.29 is 19.4 Å². The molecule has 0 aromatic heterocycles. The first kappa shape index (κ1) is 15.2. The van der Waals surface area contributed by atoms with E-state index in [0.29, 0.717) is 25.4 Å². The van der Waals surface area contributed by atoms with Crippen molar-refractivity contribution in [3.63, 3.8) is 0 Å². The van der Waals surface area contributed by atoms with E-state index in [0.717, 1.165) is 12.8 Å². The van der Waals surface area contributed by atoms with Gasteiger partial charge in [-0.15, -0.1) is 0 Å². The zero-order valence-electron chi connectivity index (χ0n) is 11.8. The van der Waals surface area contributed by atoms with E-state index < -0.39 is 11.9 Å². The third-order valence-electron chi connectivity index (χ3n) is 3.07. The van der Waals surface area contributed by atoms with Gasteiger partial charge in [-0.05, 0) is 39.5 Å². The highest BCUT2D eigenvalue weighted by atomic mass is 16.6. The predicted octanol–water partition coefficient (Wildman–Crippen LogP) is 1.99. The second kappa shape index (κ2) is 6.38. The van der Waals surface area contributed by atoms with Crippen LogP contribution in [0.2, 0.25) is 0 Å². The van der Waals surface area contributed by atoms with E-state index in [-0.39, 0.29) is 6.09 Å². The molecule has 1 unspecified atom stereocenters. The van der Waals surface area contributed by atoms with E-state index in [2.05, 4.69) is 0 Å². The molecule has 0 aromatic rings. The van der Waals surface area contributed by atoms with Gasteiger partial charge in [-0.1, -0.05) is 0 Å². The predicted molar refractivity (Wildman–Crippen MR) is 68.2 cm³/mol. The maximum Gasteiger partial charge on any atom is 0.410 e. The molecule has 18 heavy (non-hydrogen) atoms. The summed E-state index contributed by atoms with van der Waals surface area (Å²) in [5, 5.41) is 9.41. The summed E-state index contributed by atoms with van der Waals surface area (Å²) in [6.07, 6.45) is 1.48. The molecular weight excluding hydrogens is 234 g/mol. The molecule has 1 saturated heterocycles. The Kier molecular flexibility index (Phi) is 5.41. The molecule has 5 nitrogen and oxygen atoms in total. The Bertz CT molecular complexity index is 267. The molecule has 0 radical (unpaired) electrons. The lowest BCUT2D eigenvalue weighted by molar-refractivity contribution is -0.0908. The van der Waals surface area contributed by atoms with Crippen molar-refractivity contribution in [1.29, 1.82) is 0 Å². The Morgan fingerprint density at radius 2 is 1.94 bits per heavy atom. The first-order valence-electron chi connectivity index (χ1n) is 6.50. The molecule has 1 heterocycles. The van der Waals surface area contributed by atoms with Gasteiger partial charge < -0.3 is 19.5 Å². The van der Waals surface area contributed by atoms with E-state index in [1.54, 1.807) is 4.90 Å². The quantitative estimate of drug-likeness (QED) is 0.787. The minimum Gasteiger partial charge on any atom is -0.444 e. The summed E-state index contributed by atoms with van der Waals surface area (Å²) in [4.78, 5) is 13.6. The summed E-state index contributed by atoms with van der Waals surface area (Å²) in [5.41, 5.74) is -0.444. The Morgan fingerprint density at radius 3 is 2.39 bits per heavy atom. The van der Waals surface area contributed by atoms with Gasteiger partial charge in [0.15, 0.2) is 6.29 Å². The smallest absolute Gasteiger partial charge is 0.410 e. The average Bonchev–Trinajstić information content (AvgIpc) is 2.27.